The van der Waals surface area contributed by atoms with Crippen LogP contribution in [0.25, 0.3) is 0 Å². The third-order valence-electron chi connectivity index (χ3n) is 4.45. The van der Waals surface area contributed by atoms with Gasteiger partial charge in [-0.05, 0) is 25.7 Å². The molecule has 0 bridgehead atoms. The fraction of sp³-hybridized carbons (Fsp3) is 1.00. The first-order chi connectivity index (χ1) is 7.80. The zero-order valence-corrected chi connectivity index (χ0v) is 10.8. The van der Waals surface area contributed by atoms with Gasteiger partial charge in [-0.25, -0.2) is 0 Å². The maximum Gasteiger partial charge on any atom is 0.0703 e. The highest BCUT2D eigenvalue weighted by molar-refractivity contribution is 4.95. The average molecular weight is 226 g/mol. The normalized spacial score (nSPS) is 30.8. The van der Waals surface area contributed by atoms with Crippen molar-refractivity contribution in [2.24, 2.45) is 0 Å². The monoisotopic (exact) mass is 226 g/mol. The van der Waals surface area contributed by atoms with Crippen LogP contribution in [0.15, 0.2) is 0 Å². The van der Waals surface area contributed by atoms with Crippen LogP contribution in [0.4, 0.5) is 0 Å². The summed E-state index contributed by atoms with van der Waals surface area (Å²) < 4.78 is 5.78. The number of hydrogen-bond acceptors (Lipinski definition) is 3. The number of hydrogen-bond donors (Lipinski definition) is 1. The maximum atomic E-state index is 5.78. The molecule has 0 saturated carbocycles. The molecular weight excluding hydrogens is 200 g/mol. The second-order valence-corrected chi connectivity index (χ2v) is 5.19. The summed E-state index contributed by atoms with van der Waals surface area (Å²) in [6.07, 6.45) is 5.48. The number of ether oxygens (including phenoxy) is 1. The first kappa shape index (κ1) is 12.3. The lowest BCUT2D eigenvalue weighted by Gasteiger charge is -2.47. The van der Waals surface area contributed by atoms with Gasteiger partial charge < -0.3 is 10.1 Å². The van der Waals surface area contributed by atoms with Gasteiger partial charge in [0.2, 0.25) is 0 Å². The van der Waals surface area contributed by atoms with E-state index in [2.05, 4.69) is 24.1 Å². The molecule has 2 aliphatic rings. The summed E-state index contributed by atoms with van der Waals surface area (Å²) in [7, 11) is 0. The second kappa shape index (κ2) is 5.48. The van der Waals surface area contributed by atoms with Gasteiger partial charge in [0.15, 0.2) is 0 Å². The summed E-state index contributed by atoms with van der Waals surface area (Å²) in [6.45, 7) is 10.2. The molecule has 2 aliphatic heterocycles. The van der Waals surface area contributed by atoms with Crippen molar-refractivity contribution in [3.8, 4) is 0 Å². The number of nitrogens with zero attached hydrogens (tertiary/aromatic N) is 1. The van der Waals surface area contributed by atoms with Crippen LogP contribution >= 0.6 is 0 Å². The van der Waals surface area contributed by atoms with Crippen molar-refractivity contribution in [1.29, 1.82) is 0 Å². The molecule has 94 valence electrons. The Morgan fingerprint density at radius 2 is 2.19 bits per heavy atom. The molecule has 1 atom stereocenters. The fourth-order valence-corrected chi connectivity index (χ4v) is 3.15. The molecule has 0 spiro atoms. The molecule has 2 heterocycles. The Morgan fingerprint density at radius 3 is 2.81 bits per heavy atom. The van der Waals surface area contributed by atoms with Crippen molar-refractivity contribution in [2.75, 3.05) is 32.8 Å². The average Bonchev–Trinajstić information content (AvgIpc) is 2.83. The first-order valence-electron chi connectivity index (χ1n) is 6.88. The van der Waals surface area contributed by atoms with Crippen LogP contribution in [0.3, 0.4) is 0 Å². The summed E-state index contributed by atoms with van der Waals surface area (Å²) >= 11 is 0. The molecule has 3 nitrogen and oxygen atoms in total. The number of piperazine rings is 1. The lowest BCUT2D eigenvalue weighted by molar-refractivity contribution is -0.000238. The third kappa shape index (κ3) is 2.41. The summed E-state index contributed by atoms with van der Waals surface area (Å²) in [6, 6.07) is 0. The minimum atomic E-state index is 0.379. The van der Waals surface area contributed by atoms with Crippen LogP contribution in [0.2, 0.25) is 0 Å². The van der Waals surface area contributed by atoms with Gasteiger partial charge in [-0.1, -0.05) is 13.8 Å². The van der Waals surface area contributed by atoms with Crippen LogP contribution in [0.1, 0.15) is 39.5 Å². The van der Waals surface area contributed by atoms with E-state index in [-0.39, 0.29) is 0 Å². The third-order valence-corrected chi connectivity index (χ3v) is 4.45. The minimum absolute atomic E-state index is 0.379. The van der Waals surface area contributed by atoms with E-state index < -0.39 is 0 Å². The summed E-state index contributed by atoms with van der Waals surface area (Å²) in [5.74, 6) is 0. The molecule has 0 aromatic heterocycles. The molecule has 0 aromatic carbocycles. The van der Waals surface area contributed by atoms with Crippen LogP contribution in [-0.4, -0.2) is 49.3 Å². The van der Waals surface area contributed by atoms with Crippen molar-refractivity contribution < 1.29 is 4.74 Å². The standard InChI is InChI=1S/C13H26N2O/c1-3-13(4-2)11-14-7-8-15(13)10-12-6-5-9-16-12/h12,14H,3-11H2,1-2H3. The Balaban J connectivity index is 1.97. The lowest BCUT2D eigenvalue weighted by Crippen LogP contribution is -2.62. The molecule has 2 fully saturated rings. The largest absolute Gasteiger partial charge is 0.377 e. The van der Waals surface area contributed by atoms with Crippen molar-refractivity contribution in [2.45, 2.75) is 51.2 Å². The van der Waals surface area contributed by atoms with Gasteiger partial charge >= 0.3 is 0 Å². The maximum absolute atomic E-state index is 5.78. The molecule has 0 aliphatic carbocycles. The zero-order valence-electron chi connectivity index (χ0n) is 10.8. The Kier molecular flexibility index (Phi) is 4.22. The first-order valence-corrected chi connectivity index (χ1v) is 6.88. The Hall–Kier alpha value is -0.120. The van der Waals surface area contributed by atoms with E-state index in [0.717, 1.165) is 26.2 Å². The predicted octanol–water partition coefficient (Wildman–Crippen LogP) is 1.63. The van der Waals surface area contributed by atoms with Gasteiger partial charge in [0, 0.05) is 38.3 Å². The SMILES string of the molecule is CCC1(CC)CNCCN1CC1CCCO1. The fourth-order valence-electron chi connectivity index (χ4n) is 3.15. The summed E-state index contributed by atoms with van der Waals surface area (Å²) in [4.78, 5) is 2.68. The minimum Gasteiger partial charge on any atom is -0.377 e. The second-order valence-electron chi connectivity index (χ2n) is 5.19. The Morgan fingerprint density at radius 1 is 1.38 bits per heavy atom. The molecule has 1 unspecified atom stereocenters. The molecule has 3 heteroatoms. The quantitative estimate of drug-likeness (QED) is 0.788. The van der Waals surface area contributed by atoms with Crippen LogP contribution in [0, 0.1) is 0 Å². The van der Waals surface area contributed by atoms with E-state index in [0.29, 0.717) is 11.6 Å². The van der Waals surface area contributed by atoms with Gasteiger partial charge in [0.05, 0.1) is 6.10 Å². The highest BCUT2D eigenvalue weighted by Gasteiger charge is 2.37. The summed E-state index contributed by atoms with van der Waals surface area (Å²) in [5.41, 5.74) is 0.379. The van der Waals surface area contributed by atoms with Crippen molar-refractivity contribution in [3.05, 3.63) is 0 Å². The van der Waals surface area contributed by atoms with Crippen LogP contribution < -0.4 is 5.32 Å². The molecule has 16 heavy (non-hydrogen) atoms. The van der Waals surface area contributed by atoms with Crippen molar-refractivity contribution in [3.63, 3.8) is 0 Å². The molecule has 2 rings (SSSR count). The smallest absolute Gasteiger partial charge is 0.0703 e. The van der Waals surface area contributed by atoms with E-state index in [1.54, 1.807) is 0 Å². The van der Waals surface area contributed by atoms with Crippen molar-refractivity contribution in [1.82, 2.24) is 10.2 Å². The topological polar surface area (TPSA) is 24.5 Å². The molecule has 0 radical (unpaired) electrons. The van der Waals surface area contributed by atoms with Gasteiger partial charge in [-0.3, -0.25) is 4.90 Å². The van der Waals surface area contributed by atoms with Crippen LogP contribution in [0.5, 0.6) is 0 Å². The zero-order chi connectivity index (χ0) is 11.4. The van der Waals surface area contributed by atoms with E-state index in [1.165, 1.54) is 32.2 Å². The van der Waals surface area contributed by atoms with Crippen molar-refractivity contribution >= 4 is 0 Å². The number of nitrogens with one attached hydrogen (secondary N) is 1. The molecular formula is C13H26N2O. The van der Waals surface area contributed by atoms with E-state index >= 15 is 0 Å². The van der Waals surface area contributed by atoms with E-state index in [1.807, 2.05) is 0 Å². The molecule has 0 aromatic rings. The van der Waals surface area contributed by atoms with Gasteiger partial charge in [-0.2, -0.15) is 0 Å². The highest BCUT2D eigenvalue weighted by Crippen LogP contribution is 2.27. The molecule has 0 amide bonds. The van der Waals surface area contributed by atoms with E-state index in [9.17, 15) is 0 Å². The molecule has 1 N–H and O–H groups in total. The molecule has 2 saturated heterocycles. The van der Waals surface area contributed by atoms with E-state index in [4.69, 9.17) is 4.74 Å². The number of rotatable bonds is 4. The predicted molar refractivity (Wildman–Crippen MR) is 66.7 cm³/mol. The highest BCUT2D eigenvalue weighted by atomic mass is 16.5. The Labute approximate surface area is 99.5 Å². The van der Waals surface area contributed by atoms with Gasteiger partial charge in [0.25, 0.3) is 0 Å². The van der Waals surface area contributed by atoms with Gasteiger partial charge in [-0.15, -0.1) is 0 Å². The van der Waals surface area contributed by atoms with Gasteiger partial charge in [0.1, 0.15) is 0 Å². The lowest BCUT2D eigenvalue weighted by atomic mass is 9.88. The summed E-state index contributed by atoms with van der Waals surface area (Å²) in [5, 5.41) is 3.55. The van der Waals surface area contributed by atoms with Crippen LogP contribution in [-0.2, 0) is 4.74 Å². The Bertz CT molecular complexity index is 210.